The monoisotopic (exact) mass is 302 g/mol. The number of anilines is 2. The molecule has 1 aliphatic heterocycles. The molecule has 6 heteroatoms. The number of aliphatic carboxylic acids is 1. The van der Waals surface area contributed by atoms with Gasteiger partial charge < -0.3 is 15.7 Å². The predicted octanol–water partition coefficient (Wildman–Crippen LogP) is 2.15. The average Bonchev–Trinajstić information content (AvgIpc) is 2.42. The van der Waals surface area contributed by atoms with Crippen molar-refractivity contribution in [3.8, 4) is 0 Å². The quantitative estimate of drug-likeness (QED) is 0.794. The standard InChI is InChI=1S/C16H18N2O4/c19-13-5-3-10-2-4-11(8-12(10)18-13)17-14(20)9-16(15(21)22)6-1-7-16/h2,4,8H,1,3,5-7,9H2,(H,17,20)(H,18,19)(H,21,22). The van der Waals surface area contributed by atoms with Crippen molar-refractivity contribution in [2.75, 3.05) is 10.6 Å². The van der Waals surface area contributed by atoms with Crippen LogP contribution in [0.1, 0.15) is 37.7 Å². The molecule has 3 rings (SSSR count). The molecule has 0 radical (unpaired) electrons. The minimum atomic E-state index is -0.897. The molecule has 0 saturated heterocycles. The summed E-state index contributed by atoms with van der Waals surface area (Å²) in [7, 11) is 0. The van der Waals surface area contributed by atoms with Gasteiger partial charge in [0.25, 0.3) is 0 Å². The second-order valence-corrected chi connectivity index (χ2v) is 6.08. The highest BCUT2D eigenvalue weighted by Gasteiger charge is 2.45. The van der Waals surface area contributed by atoms with E-state index in [1.807, 2.05) is 6.07 Å². The molecule has 0 atom stereocenters. The highest BCUT2D eigenvalue weighted by molar-refractivity contribution is 5.97. The summed E-state index contributed by atoms with van der Waals surface area (Å²) in [4.78, 5) is 34.8. The van der Waals surface area contributed by atoms with E-state index in [1.165, 1.54) is 0 Å². The van der Waals surface area contributed by atoms with E-state index in [-0.39, 0.29) is 18.2 Å². The second-order valence-electron chi connectivity index (χ2n) is 6.08. The Labute approximate surface area is 127 Å². The molecule has 1 aromatic carbocycles. The van der Waals surface area contributed by atoms with Crippen LogP contribution >= 0.6 is 0 Å². The maximum atomic E-state index is 12.1. The summed E-state index contributed by atoms with van der Waals surface area (Å²) in [6, 6.07) is 5.38. The van der Waals surface area contributed by atoms with E-state index in [9.17, 15) is 19.5 Å². The first-order valence-electron chi connectivity index (χ1n) is 7.45. The van der Waals surface area contributed by atoms with E-state index < -0.39 is 11.4 Å². The zero-order valence-electron chi connectivity index (χ0n) is 12.1. The third-order valence-electron chi connectivity index (χ3n) is 4.55. The van der Waals surface area contributed by atoms with Crippen LogP contribution in [0.25, 0.3) is 0 Å². The molecule has 0 unspecified atom stereocenters. The van der Waals surface area contributed by atoms with E-state index >= 15 is 0 Å². The number of carbonyl (C=O) groups excluding carboxylic acids is 2. The van der Waals surface area contributed by atoms with Crippen LogP contribution in [0, 0.1) is 5.41 Å². The molecule has 6 nitrogen and oxygen atoms in total. The number of benzene rings is 1. The van der Waals surface area contributed by atoms with Crippen molar-refractivity contribution in [3.05, 3.63) is 23.8 Å². The van der Waals surface area contributed by atoms with Gasteiger partial charge in [-0.15, -0.1) is 0 Å². The molecule has 2 aliphatic rings. The molecular weight excluding hydrogens is 284 g/mol. The number of fused-ring (bicyclic) bond motifs is 1. The van der Waals surface area contributed by atoms with Gasteiger partial charge in [-0.3, -0.25) is 14.4 Å². The van der Waals surface area contributed by atoms with Crippen molar-refractivity contribution in [3.63, 3.8) is 0 Å². The molecule has 116 valence electrons. The molecule has 1 saturated carbocycles. The Morgan fingerprint density at radius 3 is 2.68 bits per heavy atom. The van der Waals surface area contributed by atoms with Crippen LogP contribution < -0.4 is 10.6 Å². The molecule has 3 N–H and O–H groups in total. The smallest absolute Gasteiger partial charge is 0.310 e. The van der Waals surface area contributed by atoms with Gasteiger partial charge in [0.1, 0.15) is 0 Å². The summed E-state index contributed by atoms with van der Waals surface area (Å²) in [6.07, 6.45) is 3.11. The first-order chi connectivity index (χ1) is 10.5. The van der Waals surface area contributed by atoms with Crippen LogP contribution in [-0.2, 0) is 20.8 Å². The lowest BCUT2D eigenvalue weighted by Gasteiger charge is -2.36. The third-order valence-corrected chi connectivity index (χ3v) is 4.55. The Bertz CT molecular complexity index is 650. The van der Waals surface area contributed by atoms with Crippen LogP contribution in [-0.4, -0.2) is 22.9 Å². The molecule has 1 aliphatic carbocycles. The lowest BCUT2D eigenvalue weighted by Crippen LogP contribution is -2.41. The molecule has 1 aromatic rings. The van der Waals surface area contributed by atoms with E-state index in [4.69, 9.17) is 0 Å². The van der Waals surface area contributed by atoms with Gasteiger partial charge in [0.15, 0.2) is 0 Å². The first-order valence-corrected chi connectivity index (χ1v) is 7.45. The summed E-state index contributed by atoms with van der Waals surface area (Å²) in [5, 5.41) is 14.8. The van der Waals surface area contributed by atoms with Crippen molar-refractivity contribution in [2.24, 2.45) is 5.41 Å². The number of aryl methyl sites for hydroxylation is 1. The maximum absolute atomic E-state index is 12.1. The number of nitrogens with one attached hydrogen (secondary N) is 2. The number of carboxylic acids is 1. The fraction of sp³-hybridized carbons (Fsp3) is 0.438. The van der Waals surface area contributed by atoms with Gasteiger partial charge >= 0.3 is 5.97 Å². The number of carbonyl (C=O) groups is 3. The Morgan fingerprint density at radius 2 is 2.05 bits per heavy atom. The Morgan fingerprint density at radius 1 is 1.27 bits per heavy atom. The van der Waals surface area contributed by atoms with Gasteiger partial charge in [-0.2, -0.15) is 0 Å². The van der Waals surface area contributed by atoms with Crippen molar-refractivity contribution in [1.82, 2.24) is 0 Å². The van der Waals surface area contributed by atoms with E-state index in [0.29, 0.717) is 37.1 Å². The fourth-order valence-corrected chi connectivity index (χ4v) is 3.03. The molecule has 0 aromatic heterocycles. The average molecular weight is 302 g/mol. The largest absolute Gasteiger partial charge is 0.481 e. The summed E-state index contributed by atoms with van der Waals surface area (Å²) in [6.45, 7) is 0. The molecule has 22 heavy (non-hydrogen) atoms. The molecular formula is C16H18N2O4. The van der Waals surface area contributed by atoms with Crippen molar-refractivity contribution < 1.29 is 19.5 Å². The van der Waals surface area contributed by atoms with Gasteiger partial charge in [0.2, 0.25) is 11.8 Å². The molecule has 1 fully saturated rings. The molecule has 2 amide bonds. The fourth-order valence-electron chi connectivity index (χ4n) is 3.03. The van der Waals surface area contributed by atoms with Crippen molar-refractivity contribution in [1.29, 1.82) is 0 Å². The zero-order chi connectivity index (χ0) is 15.7. The topological polar surface area (TPSA) is 95.5 Å². The zero-order valence-corrected chi connectivity index (χ0v) is 12.1. The van der Waals surface area contributed by atoms with Crippen LogP contribution in [0.4, 0.5) is 11.4 Å². The third kappa shape index (κ3) is 2.68. The summed E-state index contributed by atoms with van der Waals surface area (Å²) >= 11 is 0. The minimum Gasteiger partial charge on any atom is -0.481 e. The normalized spacial score (nSPS) is 18.6. The lowest BCUT2D eigenvalue weighted by atomic mass is 9.66. The number of amides is 2. The van der Waals surface area contributed by atoms with Crippen LogP contribution in [0.15, 0.2) is 18.2 Å². The Kier molecular flexibility index (Phi) is 3.60. The number of hydrogen-bond acceptors (Lipinski definition) is 3. The van der Waals surface area contributed by atoms with E-state index in [2.05, 4.69) is 10.6 Å². The number of rotatable bonds is 4. The Balaban J connectivity index is 1.68. The second kappa shape index (κ2) is 5.44. The number of hydrogen-bond donors (Lipinski definition) is 3. The first kappa shape index (κ1) is 14.6. The maximum Gasteiger partial charge on any atom is 0.310 e. The van der Waals surface area contributed by atoms with E-state index in [1.54, 1.807) is 12.1 Å². The highest BCUT2D eigenvalue weighted by atomic mass is 16.4. The predicted molar refractivity (Wildman–Crippen MR) is 80.6 cm³/mol. The summed E-state index contributed by atoms with van der Waals surface area (Å²) < 4.78 is 0. The van der Waals surface area contributed by atoms with E-state index in [0.717, 1.165) is 12.0 Å². The van der Waals surface area contributed by atoms with Gasteiger partial charge in [0.05, 0.1) is 5.41 Å². The lowest BCUT2D eigenvalue weighted by molar-refractivity contribution is -0.157. The summed E-state index contributed by atoms with van der Waals surface area (Å²) in [5.74, 6) is -1.23. The van der Waals surface area contributed by atoms with Crippen molar-refractivity contribution >= 4 is 29.2 Å². The SMILES string of the molecule is O=C(CC1(C(=O)O)CCC1)Nc1ccc2c(c1)NC(=O)CC2. The molecule has 0 bridgehead atoms. The van der Waals surface area contributed by atoms with Gasteiger partial charge in [0, 0.05) is 24.2 Å². The van der Waals surface area contributed by atoms with Crippen LogP contribution in [0.5, 0.6) is 0 Å². The van der Waals surface area contributed by atoms with Crippen LogP contribution in [0.2, 0.25) is 0 Å². The summed E-state index contributed by atoms with van der Waals surface area (Å²) in [5.41, 5.74) is 1.43. The van der Waals surface area contributed by atoms with Gasteiger partial charge in [-0.25, -0.2) is 0 Å². The minimum absolute atomic E-state index is 0.00816. The van der Waals surface area contributed by atoms with Crippen molar-refractivity contribution in [2.45, 2.75) is 38.5 Å². The molecule has 0 spiro atoms. The van der Waals surface area contributed by atoms with Gasteiger partial charge in [-0.05, 0) is 37.0 Å². The number of carboxylic acid groups (broad SMARTS) is 1. The van der Waals surface area contributed by atoms with Gasteiger partial charge in [-0.1, -0.05) is 12.5 Å². The Hall–Kier alpha value is -2.37. The van der Waals surface area contributed by atoms with Crippen LogP contribution in [0.3, 0.4) is 0 Å². The molecule has 1 heterocycles. The highest BCUT2D eigenvalue weighted by Crippen LogP contribution is 2.44.